The zero-order valence-electron chi connectivity index (χ0n) is 11.6. The minimum Gasteiger partial charge on any atom is -0.315 e. The van der Waals surface area contributed by atoms with E-state index in [1.165, 1.54) is 32.4 Å². The molecule has 2 nitrogen and oxygen atoms in total. The van der Waals surface area contributed by atoms with Crippen LogP contribution in [0.25, 0.3) is 0 Å². The molecule has 0 bridgehead atoms. The maximum atomic E-state index is 3.52. The molecule has 1 saturated heterocycles. The van der Waals surface area contributed by atoms with Crippen LogP contribution in [0.2, 0.25) is 0 Å². The standard InChI is InChI=1S/C14H30N2/c1-5-8-15-11-13(4)16-9-6-14(7-10-16)12(2)3/h12-15H,5-11H2,1-4H3. The number of nitrogens with zero attached hydrogens (tertiary/aromatic N) is 1. The normalized spacial score (nSPS) is 21.6. The van der Waals surface area contributed by atoms with Crippen molar-refractivity contribution >= 4 is 0 Å². The summed E-state index contributed by atoms with van der Waals surface area (Å²) in [5, 5.41) is 3.52. The Morgan fingerprint density at radius 2 is 1.81 bits per heavy atom. The number of hydrogen-bond donors (Lipinski definition) is 1. The van der Waals surface area contributed by atoms with Gasteiger partial charge in [-0.3, -0.25) is 4.90 Å². The van der Waals surface area contributed by atoms with Crippen molar-refractivity contribution in [1.82, 2.24) is 10.2 Å². The van der Waals surface area contributed by atoms with Crippen molar-refractivity contribution in [3.63, 3.8) is 0 Å². The number of hydrogen-bond acceptors (Lipinski definition) is 2. The molecule has 0 aliphatic carbocycles. The van der Waals surface area contributed by atoms with E-state index >= 15 is 0 Å². The van der Waals surface area contributed by atoms with E-state index in [9.17, 15) is 0 Å². The van der Waals surface area contributed by atoms with E-state index in [1.807, 2.05) is 0 Å². The van der Waals surface area contributed by atoms with Gasteiger partial charge in [-0.15, -0.1) is 0 Å². The average Bonchev–Trinajstić information content (AvgIpc) is 2.29. The van der Waals surface area contributed by atoms with Gasteiger partial charge in [0.1, 0.15) is 0 Å². The summed E-state index contributed by atoms with van der Waals surface area (Å²) in [5.41, 5.74) is 0. The van der Waals surface area contributed by atoms with Crippen LogP contribution < -0.4 is 5.32 Å². The molecule has 1 N–H and O–H groups in total. The highest BCUT2D eigenvalue weighted by Crippen LogP contribution is 2.25. The highest BCUT2D eigenvalue weighted by Gasteiger charge is 2.23. The van der Waals surface area contributed by atoms with Gasteiger partial charge in [-0.05, 0) is 57.7 Å². The third-order valence-corrected chi connectivity index (χ3v) is 4.01. The molecule has 1 rings (SSSR count). The monoisotopic (exact) mass is 226 g/mol. The maximum Gasteiger partial charge on any atom is 0.0192 e. The first kappa shape index (κ1) is 14.0. The van der Waals surface area contributed by atoms with Crippen molar-refractivity contribution in [2.75, 3.05) is 26.2 Å². The van der Waals surface area contributed by atoms with Gasteiger partial charge < -0.3 is 5.32 Å². The van der Waals surface area contributed by atoms with Gasteiger partial charge >= 0.3 is 0 Å². The van der Waals surface area contributed by atoms with E-state index < -0.39 is 0 Å². The van der Waals surface area contributed by atoms with Crippen LogP contribution in [-0.2, 0) is 0 Å². The summed E-state index contributed by atoms with van der Waals surface area (Å²) in [6.45, 7) is 14.2. The number of rotatable bonds is 6. The van der Waals surface area contributed by atoms with E-state index in [2.05, 4.69) is 37.9 Å². The topological polar surface area (TPSA) is 15.3 Å². The summed E-state index contributed by atoms with van der Waals surface area (Å²) in [5.74, 6) is 1.84. The second-order valence-corrected chi connectivity index (χ2v) is 5.67. The fourth-order valence-electron chi connectivity index (χ4n) is 2.64. The van der Waals surface area contributed by atoms with E-state index in [4.69, 9.17) is 0 Å². The fraction of sp³-hybridized carbons (Fsp3) is 1.00. The van der Waals surface area contributed by atoms with Crippen molar-refractivity contribution in [3.8, 4) is 0 Å². The second kappa shape index (κ2) is 7.29. The summed E-state index contributed by atoms with van der Waals surface area (Å²) in [6, 6.07) is 0.708. The first-order valence-corrected chi connectivity index (χ1v) is 7.09. The first-order valence-electron chi connectivity index (χ1n) is 7.09. The Labute approximate surface area is 102 Å². The fourth-order valence-corrected chi connectivity index (χ4v) is 2.64. The second-order valence-electron chi connectivity index (χ2n) is 5.67. The zero-order valence-corrected chi connectivity index (χ0v) is 11.6. The molecule has 0 amide bonds. The van der Waals surface area contributed by atoms with Crippen LogP contribution in [0, 0.1) is 11.8 Å². The third kappa shape index (κ3) is 4.42. The zero-order chi connectivity index (χ0) is 12.0. The van der Waals surface area contributed by atoms with Crippen LogP contribution in [-0.4, -0.2) is 37.1 Å². The van der Waals surface area contributed by atoms with E-state index in [0.29, 0.717) is 6.04 Å². The van der Waals surface area contributed by atoms with Gasteiger partial charge in [-0.25, -0.2) is 0 Å². The summed E-state index contributed by atoms with van der Waals surface area (Å²) < 4.78 is 0. The van der Waals surface area contributed by atoms with Crippen LogP contribution >= 0.6 is 0 Å². The number of nitrogens with one attached hydrogen (secondary N) is 1. The lowest BCUT2D eigenvalue weighted by atomic mass is 9.86. The Kier molecular flexibility index (Phi) is 6.37. The molecule has 2 heteroatoms. The van der Waals surface area contributed by atoms with Crippen molar-refractivity contribution in [3.05, 3.63) is 0 Å². The molecule has 0 saturated carbocycles. The van der Waals surface area contributed by atoms with Gasteiger partial charge in [0.25, 0.3) is 0 Å². The molecule has 0 aromatic rings. The lowest BCUT2D eigenvalue weighted by Gasteiger charge is -2.37. The Bertz CT molecular complexity index is 172. The molecule has 1 aliphatic rings. The molecule has 16 heavy (non-hydrogen) atoms. The van der Waals surface area contributed by atoms with E-state index in [-0.39, 0.29) is 0 Å². The lowest BCUT2D eigenvalue weighted by Crippen LogP contribution is -2.45. The SMILES string of the molecule is CCCNCC(C)N1CCC(C(C)C)CC1. The Hall–Kier alpha value is -0.0800. The Morgan fingerprint density at radius 1 is 1.19 bits per heavy atom. The molecule has 1 atom stereocenters. The van der Waals surface area contributed by atoms with Gasteiger partial charge in [-0.2, -0.15) is 0 Å². The lowest BCUT2D eigenvalue weighted by molar-refractivity contribution is 0.121. The van der Waals surface area contributed by atoms with Gasteiger partial charge in [-0.1, -0.05) is 20.8 Å². The third-order valence-electron chi connectivity index (χ3n) is 4.01. The quantitative estimate of drug-likeness (QED) is 0.701. The summed E-state index contributed by atoms with van der Waals surface area (Å²) in [7, 11) is 0. The highest BCUT2D eigenvalue weighted by atomic mass is 15.2. The average molecular weight is 226 g/mol. The van der Waals surface area contributed by atoms with Crippen LogP contribution in [0.15, 0.2) is 0 Å². The Morgan fingerprint density at radius 3 is 2.31 bits per heavy atom. The van der Waals surface area contributed by atoms with E-state index in [0.717, 1.165) is 24.9 Å². The smallest absolute Gasteiger partial charge is 0.0192 e. The first-order chi connectivity index (χ1) is 7.65. The minimum atomic E-state index is 0.708. The predicted molar refractivity (Wildman–Crippen MR) is 71.8 cm³/mol. The molecule has 1 aliphatic heterocycles. The molecule has 1 unspecified atom stereocenters. The molecule has 0 spiro atoms. The van der Waals surface area contributed by atoms with Crippen LogP contribution in [0.4, 0.5) is 0 Å². The van der Waals surface area contributed by atoms with Crippen molar-refractivity contribution < 1.29 is 0 Å². The minimum absolute atomic E-state index is 0.708. The molecule has 1 heterocycles. The highest BCUT2D eigenvalue weighted by molar-refractivity contribution is 4.78. The summed E-state index contributed by atoms with van der Waals surface area (Å²) in [6.07, 6.45) is 4.04. The maximum absolute atomic E-state index is 3.52. The van der Waals surface area contributed by atoms with Crippen molar-refractivity contribution in [2.45, 2.75) is 53.0 Å². The molecule has 0 radical (unpaired) electrons. The molecule has 0 aromatic carbocycles. The molecule has 1 fully saturated rings. The van der Waals surface area contributed by atoms with Gasteiger partial charge in [0.15, 0.2) is 0 Å². The van der Waals surface area contributed by atoms with E-state index in [1.54, 1.807) is 0 Å². The number of piperidine rings is 1. The van der Waals surface area contributed by atoms with Gasteiger partial charge in [0.05, 0.1) is 0 Å². The van der Waals surface area contributed by atoms with Crippen LogP contribution in [0.3, 0.4) is 0 Å². The summed E-state index contributed by atoms with van der Waals surface area (Å²) >= 11 is 0. The molecule has 0 aromatic heterocycles. The summed E-state index contributed by atoms with van der Waals surface area (Å²) in [4.78, 5) is 2.65. The predicted octanol–water partition coefficient (Wildman–Crippen LogP) is 2.74. The van der Waals surface area contributed by atoms with Crippen LogP contribution in [0.1, 0.15) is 47.0 Å². The number of likely N-dealkylation sites (tertiary alicyclic amines) is 1. The molecular formula is C14H30N2. The molecular weight excluding hydrogens is 196 g/mol. The molecule has 96 valence electrons. The Balaban J connectivity index is 2.19. The van der Waals surface area contributed by atoms with Gasteiger partial charge in [0, 0.05) is 12.6 Å². The van der Waals surface area contributed by atoms with Crippen molar-refractivity contribution in [2.24, 2.45) is 11.8 Å². The van der Waals surface area contributed by atoms with Crippen LogP contribution in [0.5, 0.6) is 0 Å². The van der Waals surface area contributed by atoms with Crippen molar-refractivity contribution in [1.29, 1.82) is 0 Å². The van der Waals surface area contributed by atoms with Gasteiger partial charge in [0.2, 0.25) is 0 Å². The largest absolute Gasteiger partial charge is 0.315 e.